The lowest BCUT2D eigenvalue weighted by molar-refractivity contribution is 0.800. The Labute approximate surface area is 97.0 Å². The van der Waals surface area contributed by atoms with E-state index in [-0.39, 0.29) is 6.04 Å². The van der Waals surface area contributed by atoms with Crippen molar-refractivity contribution in [2.24, 2.45) is 5.73 Å². The molecule has 0 aliphatic heterocycles. The Morgan fingerprint density at radius 2 is 2.13 bits per heavy atom. The van der Waals surface area contributed by atoms with Gasteiger partial charge in [0.05, 0.1) is 17.2 Å². The van der Waals surface area contributed by atoms with Crippen LogP contribution in [-0.4, -0.2) is 9.97 Å². The minimum absolute atomic E-state index is 0.116. The van der Waals surface area contributed by atoms with Crippen molar-refractivity contribution in [3.8, 4) is 0 Å². The van der Waals surface area contributed by atoms with Crippen molar-refractivity contribution < 1.29 is 0 Å². The van der Waals surface area contributed by atoms with Crippen LogP contribution in [0.15, 0.2) is 17.1 Å². The van der Waals surface area contributed by atoms with Crippen molar-refractivity contribution in [3.63, 3.8) is 0 Å². The maximum atomic E-state index is 6.09. The third-order valence-corrected chi connectivity index (χ3v) is 3.96. The predicted octanol–water partition coefficient (Wildman–Crippen LogP) is 2.77. The van der Waals surface area contributed by atoms with Gasteiger partial charge < -0.3 is 5.73 Å². The molecule has 1 atom stereocenters. The van der Waals surface area contributed by atoms with Crippen LogP contribution in [0.4, 0.5) is 0 Å². The number of nitrogens with zero attached hydrogens (tertiary/aromatic N) is 2. The Bertz CT molecular complexity index is 420. The first-order chi connectivity index (χ1) is 7.18. The molecular weight excluding hydrogens is 226 g/mol. The topological polar surface area (TPSA) is 51.8 Å². The first-order valence-corrected chi connectivity index (χ1v) is 6.53. The van der Waals surface area contributed by atoms with E-state index < -0.39 is 0 Å². The van der Waals surface area contributed by atoms with Crippen LogP contribution in [0, 0.1) is 0 Å². The number of rotatable bonds is 3. The van der Waals surface area contributed by atoms with Crippen LogP contribution in [0.1, 0.15) is 41.4 Å². The molecule has 0 amide bonds. The smallest absolute Gasteiger partial charge is 0.115 e. The minimum atomic E-state index is -0.116. The Morgan fingerprint density at radius 1 is 1.33 bits per heavy atom. The molecule has 0 saturated carbocycles. The Balaban J connectivity index is 2.23. The molecule has 0 aliphatic rings. The molecule has 0 spiro atoms. The van der Waals surface area contributed by atoms with Gasteiger partial charge in [-0.1, -0.05) is 13.8 Å². The van der Waals surface area contributed by atoms with Crippen LogP contribution in [-0.2, 0) is 0 Å². The average Bonchev–Trinajstić information content (AvgIpc) is 2.88. The fraction of sp³-hybridized carbons (Fsp3) is 0.400. The maximum Gasteiger partial charge on any atom is 0.115 e. The number of thiazole rings is 2. The minimum Gasteiger partial charge on any atom is -0.318 e. The summed E-state index contributed by atoms with van der Waals surface area (Å²) in [5, 5.41) is 3.06. The summed E-state index contributed by atoms with van der Waals surface area (Å²) in [5.74, 6) is 0.462. The van der Waals surface area contributed by atoms with E-state index in [9.17, 15) is 0 Å². The SMILES string of the molecule is CC(C)c1csc(C(N)c2cncs2)n1. The summed E-state index contributed by atoms with van der Waals surface area (Å²) in [4.78, 5) is 9.63. The summed E-state index contributed by atoms with van der Waals surface area (Å²) in [6.07, 6.45) is 1.81. The van der Waals surface area contributed by atoms with Gasteiger partial charge in [-0.2, -0.15) is 0 Å². The molecule has 0 aromatic carbocycles. The third-order valence-electron chi connectivity index (χ3n) is 2.16. The monoisotopic (exact) mass is 239 g/mol. The highest BCUT2D eigenvalue weighted by molar-refractivity contribution is 7.11. The molecule has 2 aromatic rings. The summed E-state index contributed by atoms with van der Waals surface area (Å²) in [5.41, 5.74) is 9.01. The van der Waals surface area contributed by atoms with E-state index in [1.54, 1.807) is 28.2 Å². The van der Waals surface area contributed by atoms with E-state index in [2.05, 4.69) is 29.2 Å². The Kier molecular flexibility index (Phi) is 3.14. The third kappa shape index (κ3) is 2.25. The molecule has 0 fully saturated rings. The summed E-state index contributed by atoms with van der Waals surface area (Å²) >= 11 is 3.20. The van der Waals surface area contributed by atoms with Gasteiger partial charge in [-0.15, -0.1) is 22.7 Å². The standard InChI is InChI=1S/C10H13N3S2/c1-6(2)7-4-14-10(13-7)9(11)8-3-12-5-15-8/h3-6,9H,11H2,1-2H3. The molecule has 80 valence electrons. The lowest BCUT2D eigenvalue weighted by Gasteiger charge is -2.04. The Morgan fingerprint density at radius 3 is 2.67 bits per heavy atom. The Hall–Kier alpha value is -0.780. The van der Waals surface area contributed by atoms with Crippen LogP contribution in [0.5, 0.6) is 0 Å². The highest BCUT2D eigenvalue weighted by Crippen LogP contribution is 2.27. The lowest BCUT2D eigenvalue weighted by Crippen LogP contribution is -2.10. The number of hydrogen-bond donors (Lipinski definition) is 1. The summed E-state index contributed by atoms with van der Waals surface area (Å²) < 4.78 is 0. The molecule has 3 nitrogen and oxygen atoms in total. The van der Waals surface area contributed by atoms with E-state index in [0.717, 1.165) is 15.6 Å². The second-order valence-electron chi connectivity index (χ2n) is 3.65. The van der Waals surface area contributed by atoms with E-state index in [1.807, 2.05) is 6.20 Å². The largest absolute Gasteiger partial charge is 0.318 e. The van der Waals surface area contributed by atoms with Crippen LogP contribution < -0.4 is 5.73 Å². The first kappa shape index (κ1) is 10.7. The van der Waals surface area contributed by atoms with Crippen molar-refractivity contribution in [1.29, 1.82) is 0 Å². The quantitative estimate of drug-likeness (QED) is 0.896. The van der Waals surface area contributed by atoms with Crippen LogP contribution in [0.25, 0.3) is 0 Å². The molecule has 2 rings (SSSR count). The number of hydrogen-bond acceptors (Lipinski definition) is 5. The molecule has 15 heavy (non-hydrogen) atoms. The average molecular weight is 239 g/mol. The summed E-state index contributed by atoms with van der Waals surface area (Å²) in [6.45, 7) is 4.27. The van der Waals surface area contributed by atoms with Crippen LogP contribution >= 0.6 is 22.7 Å². The van der Waals surface area contributed by atoms with Gasteiger partial charge in [0.25, 0.3) is 0 Å². The molecule has 2 aromatic heterocycles. The van der Waals surface area contributed by atoms with Gasteiger partial charge in [0.1, 0.15) is 5.01 Å². The van der Waals surface area contributed by atoms with Gasteiger partial charge in [0.2, 0.25) is 0 Å². The summed E-state index contributed by atoms with van der Waals surface area (Å²) in [6, 6.07) is -0.116. The highest BCUT2D eigenvalue weighted by Gasteiger charge is 2.15. The normalized spacial score (nSPS) is 13.3. The zero-order chi connectivity index (χ0) is 10.8. The molecular formula is C10H13N3S2. The second-order valence-corrected chi connectivity index (χ2v) is 5.45. The summed E-state index contributed by atoms with van der Waals surface area (Å²) in [7, 11) is 0. The fourth-order valence-corrected chi connectivity index (χ4v) is 2.91. The second kappa shape index (κ2) is 4.38. The van der Waals surface area contributed by atoms with Crippen molar-refractivity contribution >= 4 is 22.7 Å². The first-order valence-electron chi connectivity index (χ1n) is 4.77. The zero-order valence-electron chi connectivity index (χ0n) is 8.68. The van der Waals surface area contributed by atoms with Gasteiger partial charge in [0, 0.05) is 16.5 Å². The van der Waals surface area contributed by atoms with Gasteiger partial charge in [-0.3, -0.25) is 4.98 Å². The van der Waals surface area contributed by atoms with Crippen molar-refractivity contribution in [3.05, 3.63) is 32.7 Å². The predicted molar refractivity (Wildman–Crippen MR) is 64.3 cm³/mol. The molecule has 1 unspecified atom stereocenters. The molecule has 2 N–H and O–H groups in total. The fourth-order valence-electron chi connectivity index (χ4n) is 1.21. The van der Waals surface area contributed by atoms with Gasteiger partial charge in [-0.05, 0) is 5.92 Å². The van der Waals surface area contributed by atoms with Crippen LogP contribution in [0.3, 0.4) is 0 Å². The van der Waals surface area contributed by atoms with E-state index in [0.29, 0.717) is 5.92 Å². The number of aromatic nitrogens is 2. The lowest BCUT2D eigenvalue weighted by atomic mass is 10.2. The molecule has 0 bridgehead atoms. The van der Waals surface area contributed by atoms with Gasteiger partial charge in [0.15, 0.2) is 0 Å². The molecule has 0 radical (unpaired) electrons. The van der Waals surface area contributed by atoms with Crippen molar-refractivity contribution in [1.82, 2.24) is 9.97 Å². The maximum absolute atomic E-state index is 6.09. The van der Waals surface area contributed by atoms with Crippen LogP contribution in [0.2, 0.25) is 0 Å². The molecule has 2 heterocycles. The van der Waals surface area contributed by atoms with E-state index in [1.165, 1.54) is 0 Å². The zero-order valence-corrected chi connectivity index (χ0v) is 10.3. The highest BCUT2D eigenvalue weighted by atomic mass is 32.1. The van der Waals surface area contributed by atoms with E-state index >= 15 is 0 Å². The van der Waals surface area contributed by atoms with Gasteiger partial charge in [-0.25, -0.2) is 4.98 Å². The molecule has 5 heteroatoms. The van der Waals surface area contributed by atoms with Crippen molar-refractivity contribution in [2.75, 3.05) is 0 Å². The molecule has 0 saturated heterocycles. The molecule has 0 aliphatic carbocycles. The van der Waals surface area contributed by atoms with E-state index in [4.69, 9.17) is 5.73 Å². The van der Waals surface area contributed by atoms with Gasteiger partial charge >= 0.3 is 0 Å². The number of nitrogens with two attached hydrogens (primary N) is 1. The van der Waals surface area contributed by atoms with Crippen molar-refractivity contribution in [2.45, 2.75) is 25.8 Å².